The molecule has 2 rings (SSSR count). The van der Waals surface area contributed by atoms with Gasteiger partial charge in [-0.1, -0.05) is 17.7 Å². The molecule has 0 bridgehead atoms. The predicted octanol–water partition coefficient (Wildman–Crippen LogP) is 4.44. The van der Waals surface area contributed by atoms with E-state index in [-0.39, 0.29) is 30.4 Å². The second kappa shape index (κ2) is 9.70. The number of rotatable bonds is 6. The van der Waals surface area contributed by atoms with Crippen LogP contribution in [0.4, 0.5) is 5.69 Å². The molecular formula is C17H14Br2ClN3O3. The van der Waals surface area contributed by atoms with Gasteiger partial charge in [-0.15, -0.1) is 0 Å². The third-order valence-corrected chi connectivity index (χ3v) is 4.57. The van der Waals surface area contributed by atoms with Crippen LogP contribution in [-0.4, -0.2) is 23.1 Å². The topological polar surface area (TPSA) is 90.8 Å². The number of hydrogen-bond donors (Lipinski definition) is 3. The first-order chi connectivity index (χ1) is 12.3. The standard InChI is InChI=1S/C17H14Br2ClN3O3/c18-13-6-10(7-14(19)17(13)26)9-21-23-16(25)5-4-15(24)22-12-3-1-2-11(20)8-12/h1-3,6-9,26H,4-5H2,(H,22,24)(H,23,25)/b21-9-. The van der Waals surface area contributed by atoms with Gasteiger partial charge >= 0.3 is 0 Å². The summed E-state index contributed by atoms with van der Waals surface area (Å²) < 4.78 is 0.995. The number of phenols is 1. The highest BCUT2D eigenvalue weighted by molar-refractivity contribution is 9.11. The predicted molar refractivity (Wildman–Crippen MR) is 109 cm³/mol. The molecule has 0 heterocycles. The molecule has 0 aliphatic rings. The minimum atomic E-state index is -0.389. The molecule has 0 atom stereocenters. The maximum Gasteiger partial charge on any atom is 0.240 e. The van der Waals surface area contributed by atoms with Gasteiger partial charge in [0, 0.05) is 23.6 Å². The molecule has 0 radical (unpaired) electrons. The summed E-state index contributed by atoms with van der Waals surface area (Å²) >= 11 is 12.3. The molecule has 2 amide bonds. The number of aromatic hydroxyl groups is 1. The van der Waals surface area contributed by atoms with E-state index in [4.69, 9.17) is 11.6 Å². The van der Waals surface area contributed by atoms with Gasteiger partial charge in [0.05, 0.1) is 15.2 Å². The van der Waals surface area contributed by atoms with Gasteiger partial charge in [-0.25, -0.2) is 5.43 Å². The lowest BCUT2D eigenvalue weighted by molar-refractivity contribution is -0.124. The second-order valence-corrected chi connectivity index (χ2v) is 7.33. The summed E-state index contributed by atoms with van der Waals surface area (Å²) in [5.74, 6) is -0.603. The Morgan fingerprint density at radius 3 is 2.42 bits per heavy atom. The van der Waals surface area contributed by atoms with Crippen LogP contribution in [0.1, 0.15) is 18.4 Å². The monoisotopic (exact) mass is 501 g/mol. The molecule has 9 heteroatoms. The average Bonchev–Trinajstić information content (AvgIpc) is 2.58. The van der Waals surface area contributed by atoms with E-state index in [1.54, 1.807) is 36.4 Å². The van der Waals surface area contributed by atoms with E-state index in [9.17, 15) is 14.7 Å². The van der Waals surface area contributed by atoms with Gasteiger partial charge in [-0.05, 0) is 67.8 Å². The third kappa shape index (κ3) is 6.44. The Hall–Kier alpha value is -1.90. The van der Waals surface area contributed by atoms with E-state index in [0.29, 0.717) is 25.2 Å². The van der Waals surface area contributed by atoms with Gasteiger partial charge < -0.3 is 10.4 Å². The Morgan fingerprint density at radius 2 is 1.77 bits per heavy atom. The number of halogens is 3. The summed E-state index contributed by atoms with van der Waals surface area (Å²) in [5.41, 5.74) is 3.59. The Balaban J connectivity index is 1.79. The molecule has 2 aromatic carbocycles. The SMILES string of the molecule is O=C(CCC(=O)Nc1cccc(Cl)c1)N/N=C\c1cc(Br)c(O)c(Br)c1. The number of carbonyl (C=O) groups is 2. The summed E-state index contributed by atoms with van der Waals surface area (Å²) in [5, 5.41) is 16.6. The molecule has 0 aliphatic carbocycles. The lowest BCUT2D eigenvalue weighted by atomic mass is 10.2. The first-order valence-electron chi connectivity index (χ1n) is 7.40. The van der Waals surface area contributed by atoms with E-state index >= 15 is 0 Å². The number of hydrazone groups is 1. The van der Waals surface area contributed by atoms with E-state index in [1.807, 2.05) is 0 Å². The summed E-state index contributed by atoms with van der Waals surface area (Å²) in [4.78, 5) is 23.6. The molecule has 0 spiro atoms. The number of carbonyl (C=O) groups excluding carboxylic acids is 2. The number of anilines is 1. The van der Waals surface area contributed by atoms with Crippen molar-refractivity contribution >= 4 is 67.2 Å². The minimum absolute atomic E-state index is 0.00724. The van der Waals surface area contributed by atoms with Crippen LogP contribution < -0.4 is 10.7 Å². The quantitative estimate of drug-likeness (QED) is 0.402. The normalized spacial score (nSPS) is 10.7. The van der Waals surface area contributed by atoms with Crippen molar-refractivity contribution in [2.75, 3.05) is 5.32 Å². The van der Waals surface area contributed by atoms with Gasteiger partial charge in [0.2, 0.25) is 11.8 Å². The minimum Gasteiger partial charge on any atom is -0.506 e. The zero-order valence-corrected chi connectivity index (χ0v) is 17.2. The second-order valence-electron chi connectivity index (χ2n) is 5.18. The molecular weight excluding hydrogens is 489 g/mol. The van der Waals surface area contributed by atoms with E-state index < -0.39 is 0 Å². The van der Waals surface area contributed by atoms with Crippen LogP contribution in [0, 0.1) is 0 Å². The molecule has 136 valence electrons. The van der Waals surface area contributed by atoms with Crippen LogP contribution in [0.15, 0.2) is 50.4 Å². The first kappa shape index (κ1) is 20.4. The smallest absolute Gasteiger partial charge is 0.240 e. The zero-order chi connectivity index (χ0) is 19.1. The van der Waals surface area contributed by atoms with Crippen LogP contribution in [0.3, 0.4) is 0 Å². The molecule has 26 heavy (non-hydrogen) atoms. The lowest BCUT2D eigenvalue weighted by Gasteiger charge is -2.05. The van der Waals surface area contributed by atoms with Crippen LogP contribution in [0.25, 0.3) is 0 Å². The third-order valence-electron chi connectivity index (χ3n) is 3.13. The number of hydrogen-bond acceptors (Lipinski definition) is 4. The van der Waals surface area contributed by atoms with Gasteiger partial charge in [0.1, 0.15) is 5.75 Å². The fourth-order valence-corrected chi connectivity index (χ4v) is 3.32. The van der Waals surface area contributed by atoms with Crippen LogP contribution >= 0.6 is 43.5 Å². The molecule has 2 aromatic rings. The highest BCUT2D eigenvalue weighted by Crippen LogP contribution is 2.32. The van der Waals surface area contributed by atoms with Crippen molar-refractivity contribution in [2.45, 2.75) is 12.8 Å². The van der Waals surface area contributed by atoms with Crippen molar-refractivity contribution in [1.82, 2.24) is 5.43 Å². The van der Waals surface area contributed by atoms with E-state index in [0.717, 1.165) is 0 Å². The Bertz CT molecular complexity index is 836. The van der Waals surface area contributed by atoms with E-state index in [2.05, 4.69) is 47.7 Å². The fourth-order valence-electron chi connectivity index (χ4n) is 1.91. The number of benzene rings is 2. The van der Waals surface area contributed by atoms with Crippen LogP contribution in [0.2, 0.25) is 5.02 Å². The van der Waals surface area contributed by atoms with Crippen molar-refractivity contribution in [3.63, 3.8) is 0 Å². The number of nitrogens with one attached hydrogen (secondary N) is 2. The van der Waals surface area contributed by atoms with Crippen molar-refractivity contribution in [3.8, 4) is 5.75 Å². The Kier molecular flexibility index (Phi) is 7.62. The molecule has 0 fully saturated rings. The number of amides is 2. The largest absolute Gasteiger partial charge is 0.506 e. The molecule has 3 N–H and O–H groups in total. The average molecular weight is 504 g/mol. The van der Waals surface area contributed by atoms with Gasteiger partial charge in [-0.3, -0.25) is 9.59 Å². The molecule has 0 unspecified atom stereocenters. The number of nitrogens with zero attached hydrogens (tertiary/aromatic N) is 1. The molecule has 0 saturated carbocycles. The molecule has 0 aromatic heterocycles. The lowest BCUT2D eigenvalue weighted by Crippen LogP contribution is -2.20. The summed E-state index contributed by atoms with van der Waals surface area (Å²) in [6.07, 6.45) is 1.44. The van der Waals surface area contributed by atoms with Crippen molar-refractivity contribution in [2.24, 2.45) is 5.10 Å². The van der Waals surface area contributed by atoms with Gasteiger partial charge in [-0.2, -0.15) is 5.10 Å². The highest BCUT2D eigenvalue weighted by Gasteiger charge is 2.07. The Labute approximate surface area is 171 Å². The fraction of sp³-hybridized carbons (Fsp3) is 0.118. The van der Waals surface area contributed by atoms with Crippen molar-refractivity contribution < 1.29 is 14.7 Å². The van der Waals surface area contributed by atoms with Crippen LogP contribution in [0.5, 0.6) is 5.75 Å². The van der Waals surface area contributed by atoms with Gasteiger partial charge in [0.15, 0.2) is 0 Å². The number of phenolic OH excluding ortho intramolecular Hbond substituents is 1. The highest BCUT2D eigenvalue weighted by atomic mass is 79.9. The maximum absolute atomic E-state index is 11.8. The summed E-state index contributed by atoms with van der Waals surface area (Å²) in [7, 11) is 0. The van der Waals surface area contributed by atoms with E-state index in [1.165, 1.54) is 6.21 Å². The Morgan fingerprint density at radius 1 is 1.12 bits per heavy atom. The summed E-state index contributed by atoms with van der Waals surface area (Å²) in [6, 6.07) is 10.1. The van der Waals surface area contributed by atoms with Crippen molar-refractivity contribution in [3.05, 3.63) is 55.9 Å². The zero-order valence-electron chi connectivity index (χ0n) is 13.3. The maximum atomic E-state index is 11.8. The van der Waals surface area contributed by atoms with Crippen molar-refractivity contribution in [1.29, 1.82) is 0 Å². The van der Waals surface area contributed by atoms with Crippen LogP contribution in [-0.2, 0) is 9.59 Å². The molecule has 0 aliphatic heterocycles. The molecule has 0 saturated heterocycles. The summed E-state index contributed by atoms with van der Waals surface area (Å²) in [6.45, 7) is 0. The molecule has 6 nitrogen and oxygen atoms in total. The van der Waals surface area contributed by atoms with Gasteiger partial charge in [0.25, 0.3) is 0 Å². The first-order valence-corrected chi connectivity index (χ1v) is 9.37.